The normalized spacial score (nSPS) is 31.2. The van der Waals surface area contributed by atoms with Crippen molar-refractivity contribution in [1.82, 2.24) is 4.90 Å². The Morgan fingerprint density at radius 1 is 1.21 bits per heavy atom. The minimum absolute atomic E-state index is 0.0220. The Morgan fingerprint density at radius 3 is 2.43 bits per heavy atom. The van der Waals surface area contributed by atoms with Crippen molar-refractivity contribution in [3.63, 3.8) is 0 Å². The second kappa shape index (κ2) is 8.07. The summed E-state index contributed by atoms with van der Waals surface area (Å²) in [5.74, 6) is -0.0220. The summed E-state index contributed by atoms with van der Waals surface area (Å²) in [7, 11) is 3.42. The quantitative estimate of drug-likeness (QED) is 0.674. The molecule has 156 valence electrons. The van der Waals surface area contributed by atoms with Crippen LogP contribution in [0.4, 0.5) is 13.2 Å². The Kier molecular flexibility index (Phi) is 6.11. The second-order valence-corrected chi connectivity index (χ2v) is 7.87. The molecule has 0 bridgehead atoms. The number of aromatic hydroxyl groups is 1. The fourth-order valence-corrected chi connectivity index (χ4v) is 4.14. The standard InChI is InChI=1S/C17H21F3N2O5S/c1-22(2)16-21-10-11(24)12(25)13(27-15(10)28-16)14(17(18,19)20)26-7-8-3-5-9(23)6-4-8/h3-6,10-15,23-25H,7H2,1-2H3. The van der Waals surface area contributed by atoms with Gasteiger partial charge in [-0.3, -0.25) is 4.99 Å². The molecule has 7 nitrogen and oxygen atoms in total. The van der Waals surface area contributed by atoms with E-state index in [0.29, 0.717) is 10.7 Å². The number of thioether (sulfide) groups is 1. The lowest BCUT2D eigenvalue weighted by Gasteiger charge is -2.41. The van der Waals surface area contributed by atoms with E-state index in [9.17, 15) is 28.5 Å². The van der Waals surface area contributed by atoms with Gasteiger partial charge in [0.2, 0.25) is 0 Å². The van der Waals surface area contributed by atoms with Crippen LogP contribution in [0.3, 0.4) is 0 Å². The van der Waals surface area contributed by atoms with Crippen molar-refractivity contribution in [3.05, 3.63) is 29.8 Å². The van der Waals surface area contributed by atoms with Crippen molar-refractivity contribution < 1.29 is 38.0 Å². The maximum absolute atomic E-state index is 13.6. The monoisotopic (exact) mass is 422 g/mol. The first-order chi connectivity index (χ1) is 13.1. The number of aliphatic hydroxyl groups is 2. The van der Waals surface area contributed by atoms with E-state index in [-0.39, 0.29) is 5.75 Å². The van der Waals surface area contributed by atoms with Gasteiger partial charge in [0.1, 0.15) is 35.5 Å². The first kappa shape index (κ1) is 21.2. The predicted octanol–water partition coefficient (Wildman–Crippen LogP) is 1.32. The first-order valence-electron chi connectivity index (χ1n) is 8.47. The maximum atomic E-state index is 13.6. The lowest BCUT2D eigenvalue weighted by atomic mass is 9.94. The molecule has 2 aliphatic heterocycles. The highest BCUT2D eigenvalue weighted by molar-refractivity contribution is 8.14. The average Bonchev–Trinajstić information content (AvgIpc) is 3.04. The molecule has 0 aromatic heterocycles. The molecule has 1 fully saturated rings. The van der Waals surface area contributed by atoms with Crippen LogP contribution >= 0.6 is 11.8 Å². The molecule has 2 aliphatic rings. The third-order valence-corrected chi connectivity index (χ3v) is 5.76. The van der Waals surface area contributed by atoms with Gasteiger partial charge in [-0.2, -0.15) is 13.2 Å². The van der Waals surface area contributed by atoms with Crippen molar-refractivity contribution in [2.24, 2.45) is 4.99 Å². The second-order valence-electron chi connectivity index (χ2n) is 6.80. The molecule has 6 unspecified atom stereocenters. The maximum Gasteiger partial charge on any atom is 0.417 e. The molecular formula is C17H21F3N2O5S. The number of aliphatic hydroxyl groups excluding tert-OH is 2. The number of alkyl halides is 3. The van der Waals surface area contributed by atoms with Gasteiger partial charge in [-0.1, -0.05) is 23.9 Å². The molecular weight excluding hydrogens is 401 g/mol. The summed E-state index contributed by atoms with van der Waals surface area (Å²) in [6, 6.07) is 4.65. The fraction of sp³-hybridized carbons (Fsp3) is 0.588. The van der Waals surface area contributed by atoms with Crippen LogP contribution in [0, 0.1) is 0 Å². The Morgan fingerprint density at radius 2 is 1.86 bits per heavy atom. The summed E-state index contributed by atoms with van der Waals surface area (Å²) in [5.41, 5.74) is -0.452. The summed E-state index contributed by atoms with van der Waals surface area (Å²) in [6.45, 7) is -0.409. The zero-order valence-electron chi connectivity index (χ0n) is 15.1. The number of benzene rings is 1. The number of hydrogen-bond acceptors (Lipinski definition) is 8. The summed E-state index contributed by atoms with van der Waals surface area (Å²) in [6.07, 6.45) is -12.4. The molecule has 1 aromatic carbocycles. The van der Waals surface area contributed by atoms with Gasteiger partial charge in [-0.05, 0) is 17.7 Å². The van der Waals surface area contributed by atoms with Crippen LogP contribution in [-0.4, -0.2) is 81.6 Å². The molecule has 0 spiro atoms. The number of fused-ring (bicyclic) bond motifs is 1. The molecule has 0 amide bonds. The van der Waals surface area contributed by atoms with E-state index in [1.165, 1.54) is 24.3 Å². The Bertz CT molecular complexity index is 716. The van der Waals surface area contributed by atoms with Crippen molar-refractivity contribution in [2.45, 2.75) is 48.7 Å². The van der Waals surface area contributed by atoms with Crippen LogP contribution < -0.4 is 0 Å². The minimum atomic E-state index is -4.83. The van der Waals surface area contributed by atoms with Gasteiger partial charge >= 0.3 is 6.18 Å². The lowest BCUT2D eigenvalue weighted by Crippen LogP contribution is -2.61. The number of aliphatic imine (C=N–C) groups is 1. The molecule has 1 aromatic rings. The molecule has 0 radical (unpaired) electrons. The minimum Gasteiger partial charge on any atom is -0.508 e. The number of amidine groups is 1. The highest BCUT2D eigenvalue weighted by Crippen LogP contribution is 2.41. The van der Waals surface area contributed by atoms with Crippen LogP contribution in [0.1, 0.15) is 5.56 Å². The van der Waals surface area contributed by atoms with Crippen LogP contribution in [0.2, 0.25) is 0 Å². The van der Waals surface area contributed by atoms with Gasteiger partial charge in [0.05, 0.1) is 6.61 Å². The van der Waals surface area contributed by atoms with Gasteiger partial charge in [0.25, 0.3) is 0 Å². The molecule has 3 N–H and O–H groups in total. The van der Waals surface area contributed by atoms with E-state index in [4.69, 9.17) is 9.47 Å². The zero-order valence-corrected chi connectivity index (χ0v) is 15.9. The number of halogens is 3. The smallest absolute Gasteiger partial charge is 0.417 e. The van der Waals surface area contributed by atoms with Crippen molar-refractivity contribution in [1.29, 1.82) is 0 Å². The molecule has 0 saturated carbocycles. The summed E-state index contributed by atoms with van der Waals surface area (Å²) in [4.78, 5) is 5.88. The van der Waals surface area contributed by atoms with Crippen molar-refractivity contribution >= 4 is 16.9 Å². The topological polar surface area (TPSA) is 94.8 Å². The van der Waals surface area contributed by atoms with Gasteiger partial charge in [0, 0.05) is 14.1 Å². The zero-order chi connectivity index (χ0) is 20.6. The Labute approximate surface area is 163 Å². The lowest BCUT2D eigenvalue weighted by molar-refractivity contribution is -0.286. The van der Waals surface area contributed by atoms with Crippen molar-refractivity contribution in [2.75, 3.05) is 14.1 Å². The van der Waals surface area contributed by atoms with Gasteiger partial charge < -0.3 is 29.7 Å². The Balaban J connectivity index is 1.76. The average molecular weight is 422 g/mol. The molecule has 1 saturated heterocycles. The van der Waals surface area contributed by atoms with Crippen LogP contribution in [-0.2, 0) is 16.1 Å². The number of phenolic OH excluding ortho intramolecular Hbond substituents is 1. The third kappa shape index (κ3) is 4.38. The highest BCUT2D eigenvalue weighted by Gasteiger charge is 2.57. The van der Waals surface area contributed by atoms with Crippen LogP contribution in [0.5, 0.6) is 5.75 Å². The van der Waals surface area contributed by atoms with Crippen molar-refractivity contribution in [3.8, 4) is 5.75 Å². The fourth-order valence-electron chi connectivity index (χ4n) is 2.99. The van der Waals surface area contributed by atoms with E-state index < -0.39 is 48.7 Å². The van der Waals surface area contributed by atoms with E-state index in [0.717, 1.165) is 11.8 Å². The summed E-state index contributed by atoms with van der Waals surface area (Å²) >= 11 is 1.09. The highest BCUT2D eigenvalue weighted by atomic mass is 32.2. The summed E-state index contributed by atoms with van der Waals surface area (Å²) in [5, 5.41) is 30.4. The largest absolute Gasteiger partial charge is 0.508 e. The summed E-state index contributed by atoms with van der Waals surface area (Å²) < 4.78 is 51.5. The van der Waals surface area contributed by atoms with E-state index >= 15 is 0 Å². The number of ether oxygens (including phenoxy) is 2. The van der Waals surface area contributed by atoms with Crippen LogP contribution in [0.15, 0.2) is 29.3 Å². The molecule has 2 heterocycles. The van der Waals surface area contributed by atoms with Gasteiger partial charge in [-0.15, -0.1) is 0 Å². The predicted molar refractivity (Wildman–Crippen MR) is 95.9 cm³/mol. The number of phenols is 1. The van der Waals surface area contributed by atoms with E-state index in [1.54, 1.807) is 19.0 Å². The molecule has 28 heavy (non-hydrogen) atoms. The van der Waals surface area contributed by atoms with Gasteiger partial charge in [-0.25, -0.2) is 0 Å². The number of hydrogen-bond donors (Lipinski definition) is 3. The molecule has 6 atom stereocenters. The van der Waals surface area contributed by atoms with Gasteiger partial charge in [0.15, 0.2) is 11.3 Å². The first-order valence-corrected chi connectivity index (χ1v) is 9.35. The molecule has 3 rings (SSSR count). The molecule has 0 aliphatic carbocycles. The SMILES string of the molecule is CN(C)C1=NC2C(OC(C(OCc3ccc(O)cc3)C(F)(F)F)C(O)C2O)S1. The molecule has 11 heteroatoms. The number of nitrogens with zero attached hydrogens (tertiary/aromatic N) is 2. The van der Waals surface area contributed by atoms with E-state index in [2.05, 4.69) is 4.99 Å². The Hall–Kier alpha value is -1.53. The number of rotatable bonds is 4. The third-order valence-electron chi connectivity index (χ3n) is 4.46. The van der Waals surface area contributed by atoms with E-state index in [1.807, 2.05) is 0 Å². The van der Waals surface area contributed by atoms with Crippen LogP contribution in [0.25, 0.3) is 0 Å².